The van der Waals surface area contributed by atoms with Gasteiger partial charge in [-0.3, -0.25) is 86.3 Å². The van der Waals surface area contributed by atoms with E-state index in [0.717, 1.165) is 67.3 Å². The molecule has 2 unspecified atom stereocenters. The monoisotopic (exact) mass is 1850 g/mol. The number of quaternary nitrogens is 2. The Kier molecular flexibility index (Phi) is 43.5. The molecule has 14 amide bonds. The lowest BCUT2D eigenvalue weighted by molar-refractivity contribution is -0.142. The summed E-state index contributed by atoms with van der Waals surface area (Å²) in [6.45, 7) is 5.33. The molecule has 1 heterocycles. The normalized spacial score (nSPS) is 15.6. The smallest absolute Gasteiger partial charge is 0.305 e. The molecule has 15 atom stereocenters. The van der Waals surface area contributed by atoms with Crippen LogP contribution in [0, 0.1) is 5.92 Å². The van der Waals surface area contributed by atoms with Crippen molar-refractivity contribution in [3.05, 3.63) is 131 Å². The van der Waals surface area contributed by atoms with E-state index in [4.69, 9.17) is 16.6 Å². The van der Waals surface area contributed by atoms with Gasteiger partial charge in [0, 0.05) is 45.1 Å². The minimum Gasteiger partial charge on any atom is -0.716 e. The standard InChI is InChI=1S/C77H101N15O32S2.2H3N/c1-38(2)62(89-68(107)49(27-29-59(98)99)82-66(105)48(78)26-28-58(96)97)74(113)90-64(41(5)94)76(115)91-63(40(4)93)75(114)88-53(32-43-15-10-7-11-16-43)71(110)84-51(31-42-13-8-6-9-14-42)69(108)87-55(36-61(102)103)73(112)85-52(34-45-20-24-47(25-21-45)124-126(120,121)122)70(109)86-54(35-60(100)101)72(111)83-50(33-44-18-22-46(23-19-44)123-125(117,118)119)67(106)80-37-57(95)81-39(3)77(116)92-30-12-17-56(92)65(79)104;;/h6-11,13-16,18-25,38-41,48-56,62-64,93-94H,12,17,26-37,78H2,1-5H3,(H2,79,104)(H,80,106)(H,81,95)(H,82,105)(H,83,111)(H,84,110)(H,85,112)(H,86,109)(H,87,108)(H,88,114)(H,89,107)(H,90,113)(H,91,115)(H,96,97)(H,98,99)(H,100,101)(H,102,103)(H,117,118,119)(H,120,121,122);2*1H3/t39-,40?,41?,48-,49+,50-,51-,52-,53+,54+,55+,56+,62-,63-,64+;;/m1../s1. The molecule has 5 rings (SSSR count). The van der Waals surface area contributed by atoms with Crippen LogP contribution in [0.4, 0.5) is 0 Å². The average Bonchev–Trinajstić information content (AvgIpc) is 1.63. The van der Waals surface area contributed by atoms with E-state index in [1.54, 1.807) is 12.1 Å². The van der Waals surface area contributed by atoms with E-state index >= 15 is 0 Å². The summed E-state index contributed by atoms with van der Waals surface area (Å²) < 4.78 is 77.2. The summed E-state index contributed by atoms with van der Waals surface area (Å²) in [5.41, 5.74) is 11.8. The zero-order valence-electron chi connectivity index (χ0n) is 70.2. The van der Waals surface area contributed by atoms with Crippen molar-refractivity contribution >= 4 is 127 Å². The van der Waals surface area contributed by atoms with Crippen LogP contribution in [0.5, 0.6) is 11.5 Å². The third kappa shape index (κ3) is 37.4. The number of aliphatic hydroxyl groups excluding tert-OH is 2. The van der Waals surface area contributed by atoms with Crippen molar-refractivity contribution in [2.45, 2.75) is 202 Å². The number of likely N-dealkylation sites (tertiary alicyclic amines) is 1. The minimum absolute atomic E-state index is 0. The fourth-order valence-electron chi connectivity index (χ4n) is 12.5. The second kappa shape index (κ2) is 51.2. The van der Waals surface area contributed by atoms with Crippen LogP contribution in [0.25, 0.3) is 0 Å². The Morgan fingerprint density at radius 3 is 1.12 bits per heavy atom. The molecule has 4 aromatic carbocycles. The van der Waals surface area contributed by atoms with Crippen LogP contribution in [-0.2, 0) is 133 Å². The Labute approximate surface area is 732 Å². The third-order valence-corrected chi connectivity index (χ3v) is 19.7. The van der Waals surface area contributed by atoms with Crippen LogP contribution < -0.4 is 95.9 Å². The van der Waals surface area contributed by atoms with Gasteiger partial charge in [-0.25, -0.2) is 16.8 Å². The van der Waals surface area contributed by atoms with Crippen molar-refractivity contribution in [3.63, 3.8) is 0 Å². The van der Waals surface area contributed by atoms with Crippen molar-refractivity contribution in [2.75, 3.05) is 13.1 Å². The summed E-state index contributed by atoms with van der Waals surface area (Å²) >= 11 is 0. The van der Waals surface area contributed by atoms with E-state index < -0.39 is 300 Å². The van der Waals surface area contributed by atoms with E-state index in [1.807, 2.05) is 0 Å². The summed E-state index contributed by atoms with van der Waals surface area (Å²) in [5, 5.41) is 88.3. The highest BCUT2D eigenvalue weighted by atomic mass is 32.3. The Morgan fingerprint density at radius 2 is 0.750 bits per heavy atom. The van der Waals surface area contributed by atoms with Gasteiger partial charge in [0.05, 0.1) is 37.6 Å². The fraction of sp³-hybridized carbons (Fsp3) is 0.455. The molecule has 30 N–H and O–H groups in total. The zero-order valence-corrected chi connectivity index (χ0v) is 71.9. The third-order valence-electron chi connectivity index (χ3n) is 18.9. The SMILES string of the molecule is CC(O)[C@H](NC(=O)[C@H](NC(=O)[C@H](CCC(=O)O)NC(=O)[C@H](N)CCC(=O)O)C(C)C)C(=O)N[C@@H](C(=O)N[C@@H](Cc1ccccc1)C(=O)N[C@H](Cc1ccccc1)C(=O)N[C@@H](CC(=O)O)C(=O)N[C@H](Cc1ccc(OS(=O)(=O)[O-])cc1)C(=O)N[C@@H](CC(=O)O)C(=O)N[C@H](Cc1ccc(OS(=O)(=O)[O-])cc1)C(=O)NCC(=O)N[C@H](C)C(=O)N1CCC[C@H]1C(N)=O)C(C)O.[NH4+].[NH4+]. The van der Waals surface area contributed by atoms with Crippen LogP contribution in [0.15, 0.2) is 109 Å². The van der Waals surface area contributed by atoms with Gasteiger partial charge in [-0.1, -0.05) is 98.8 Å². The Bertz CT molecular complexity index is 4830. The molecule has 4 aromatic rings. The molecule has 49 nitrogen and oxygen atoms in total. The first kappa shape index (κ1) is 109. The van der Waals surface area contributed by atoms with E-state index in [9.17, 15) is 138 Å². The second-order valence-corrected chi connectivity index (χ2v) is 31.4. The number of primary amides is 1. The van der Waals surface area contributed by atoms with Gasteiger partial charge < -0.3 is 141 Å². The van der Waals surface area contributed by atoms with Crippen molar-refractivity contribution in [1.29, 1.82) is 0 Å². The van der Waals surface area contributed by atoms with Crippen molar-refractivity contribution in [3.8, 4) is 11.5 Å². The summed E-state index contributed by atoms with van der Waals surface area (Å²) in [6, 6.07) is -0.434. The van der Waals surface area contributed by atoms with Crippen LogP contribution in [0.3, 0.4) is 0 Å². The first-order valence-corrected chi connectivity index (χ1v) is 41.4. The molecule has 1 aliphatic rings. The van der Waals surface area contributed by atoms with Crippen LogP contribution in [0.1, 0.15) is 108 Å². The first-order valence-electron chi connectivity index (χ1n) is 38.7. The van der Waals surface area contributed by atoms with E-state index in [-0.39, 0.29) is 48.4 Å². The number of rotatable bonds is 51. The number of amides is 14. The maximum absolute atomic E-state index is 15.0. The van der Waals surface area contributed by atoms with Crippen molar-refractivity contribution < 1.29 is 151 Å². The first-order chi connectivity index (χ1) is 59.0. The van der Waals surface area contributed by atoms with Crippen LogP contribution in [0.2, 0.25) is 0 Å². The van der Waals surface area contributed by atoms with Gasteiger partial charge in [0.1, 0.15) is 84.0 Å². The summed E-state index contributed by atoms with van der Waals surface area (Å²) in [4.78, 5) is 245. The number of aliphatic carboxylic acids is 4. The molecule has 0 aliphatic carbocycles. The molecule has 1 fully saturated rings. The number of carboxylic acids is 4. The molecule has 0 aromatic heterocycles. The number of nitrogens with one attached hydrogen (secondary N) is 12. The molecule has 704 valence electrons. The van der Waals surface area contributed by atoms with Gasteiger partial charge in [0.15, 0.2) is 0 Å². The number of carbonyl (C=O) groups is 18. The molecule has 0 bridgehead atoms. The average molecular weight is 1850 g/mol. The molecule has 0 radical (unpaired) electrons. The molecule has 128 heavy (non-hydrogen) atoms. The van der Waals surface area contributed by atoms with Gasteiger partial charge >= 0.3 is 23.9 Å². The Morgan fingerprint density at radius 1 is 0.422 bits per heavy atom. The molecular weight excluding hydrogens is 1740 g/mol. The highest BCUT2D eigenvalue weighted by molar-refractivity contribution is 7.81. The lowest BCUT2D eigenvalue weighted by Crippen LogP contribution is -2.64. The molecule has 0 saturated carbocycles. The van der Waals surface area contributed by atoms with E-state index in [2.05, 4.69) is 72.2 Å². The van der Waals surface area contributed by atoms with Gasteiger partial charge in [-0.05, 0) is 98.9 Å². The number of hydrogen-bond donors (Lipinski definition) is 22. The number of nitrogens with zero attached hydrogens (tertiary/aromatic N) is 1. The molecule has 1 saturated heterocycles. The van der Waals surface area contributed by atoms with Gasteiger partial charge in [-0.2, -0.15) is 0 Å². The number of aliphatic hydroxyl groups is 2. The maximum atomic E-state index is 15.0. The lowest BCUT2D eigenvalue weighted by Gasteiger charge is -2.30. The number of carbonyl (C=O) groups excluding carboxylic acids is 14. The highest BCUT2D eigenvalue weighted by Crippen LogP contribution is 2.21. The Hall–Kier alpha value is -13.4. The van der Waals surface area contributed by atoms with E-state index in [0.29, 0.717) is 12.0 Å². The van der Waals surface area contributed by atoms with Gasteiger partial charge in [0.25, 0.3) is 20.8 Å². The lowest BCUT2D eigenvalue weighted by atomic mass is 10.0. The highest BCUT2D eigenvalue weighted by Gasteiger charge is 2.41. The summed E-state index contributed by atoms with van der Waals surface area (Å²) in [7, 11) is -10.7. The van der Waals surface area contributed by atoms with E-state index in [1.165, 1.54) is 69.3 Å². The van der Waals surface area contributed by atoms with Gasteiger partial charge in [-0.15, -0.1) is 0 Å². The molecule has 1 aliphatic heterocycles. The minimum atomic E-state index is -5.40. The second-order valence-electron chi connectivity index (χ2n) is 29.4. The summed E-state index contributed by atoms with van der Waals surface area (Å²) in [6.07, 6.45) is -10.4. The molecule has 51 heteroatoms. The Balaban J connectivity index is 0.0000211. The van der Waals surface area contributed by atoms with Crippen LogP contribution in [-0.4, -0.2) is 272 Å². The van der Waals surface area contributed by atoms with Crippen molar-refractivity contribution in [1.82, 2.24) is 81.0 Å². The number of benzene rings is 4. The van der Waals surface area contributed by atoms with Crippen LogP contribution >= 0.6 is 0 Å². The molecular formula is C77H107N17O32S2. The quantitative estimate of drug-likeness (QED) is 0.0144. The number of carboxylic acid groups (broad SMARTS) is 4. The number of hydrogen-bond acceptors (Lipinski definition) is 29. The van der Waals surface area contributed by atoms with Gasteiger partial charge in [0.2, 0.25) is 82.7 Å². The predicted octanol–water partition coefficient (Wildman–Crippen LogP) is -6.24. The predicted molar refractivity (Wildman–Crippen MR) is 441 cm³/mol. The van der Waals surface area contributed by atoms with Crippen molar-refractivity contribution in [2.24, 2.45) is 17.4 Å². The topological polar surface area (TPSA) is 834 Å². The summed E-state index contributed by atoms with van der Waals surface area (Å²) in [5.74, 6) is -25.3. The number of nitrogens with two attached hydrogens (primary N) is 2. The largest absolute Gasteiger partial charge is 0.716 e. The zero-order chi connectivity index (χ0) is 94.2. The fourth-order valence-corrected chi connectivity index (χ4v) is 13.2. The molecule has 0 spiro atoms. The maximum Gasteiger partial charge on any atom is 0.305 e.